The number of H-pyrrole nitrogens is 1. The molecule has 1 aliphatic rings. The molecule has 1 fully saturated rings. The van der Waals surface area contributed by atoms with Gasteiger partial charge in [0.05, 0.1) is 12.7 Å². The Kier molecular flexibility index (Phi) is 4.15. The number of esters is 1. The normalized spacial score (nSPS) is 18.8. The van der Waals surface area contributed by atoms with Gasteiger partial charge in [-0.3, -0.25) is 4.79 Å². The maximum atomic E-state index is 11.7. The zero-order valence-electron chi connectivity index (χ0n) is 10.4. The number of aromatic nitrogens is 1. The quantitative estimate of drug-likeness (QED) is 0.821. The summed E-state index contributed by atoms with van der Waals surface area (Å²) in [6.45, 7) is 2.83. The molecule has 5 heteroatoms. The molecule has 2 heterocycles. The number of carbonyl (C=O) groups excluding carboxylic acids is 1. The van der Waals surface area contributed by atoms with Crippen LogP contribution in [0.3, 0.4) is 0 Å². The van der Waals surface area contributed by atoms with Crippen LogP contribution in [0.15, 0.2) is 16.9 Å². The predicted octanol–water partition coefficient (Wildman–Crippen LogP) is 1.41. The van der Waals surface area contributed by atoms with E-state index in [1.54, 1.807) is 13.0 Å². The molecule has 98 valence electrons. The van der Waals surface area contributed by atoms with Crippen molar-refractivity contribution in [3.63, 3.8) is 0 Å². The van der Waals surface area contributed by atoms with E-state index in [1.165, 1.54) is 6.07 Å². The highest BCUT2D eigenvalue weighted by Gasteiger charge is 2.17. The van der Waals surface area contributed by atoms with E-state index >= 15 is 0 Å². The van der Waals surface area contributed by atoms with E-state index in [0.717, 1.165) is 25.1 Å². The van der Waals surface area contributed by atoms with Crippen molar-refractivity contribution < 1.29 is 14.3 Å². The van der Waals surface area contributed by atoms with Gasteiger partial charge in [0, 0.05) is 18.7 Å². The van der Waals surface area contributed by atoms with Gasteiger partial charge in [-0.15, -0.1) is 0 Å². The van der Waals surface area contributed by atoms with Crippen molar-refractivity contribution >= 4 is 5.97 Å². The van der Waals surface area contributed by atoms with Gasteiger partial charge in [-0.05, 0) is 31.9 Å². The van der Waals surface area contributed by atoms with E-state index in [-0.39, 0.29) is 18.3 Å². The monoisotopic (exact) mass is 251 g/mol. The minimum absolute atomic E-state index is 0.0490. The summed E-state index contributed by atoms with van der Waals surface area (Å²) in [6, 6.07) is 3.17. The molecule has 0 aliphatic carbocycles. The van der Waals surface area contributed by atoms with Gasteiger partial charge >= 0.3 is 5.97 Å². The molecule has 0 unspecified atom stereocenters. The Balaban J connectivity index is 1.85. The Morgan fingerprint density at radius 2 is 2.39 bits per heavy atom. The van der Waals surface area contributed by atoms with E-state index in [0.29, 0.717) is 6.42 Å². The zero-order chi connectivity index (χ0) is 13.0. The van der Waals surface area contributed by atoms with E-state index in [9.17, 15) is 9.59 Å². The van der Waals surface area contributed by atoms with Gasteiger partial charge in [-0.1, -0.05) is 0 Å². The van der Waals surface area contributed by atoms with Crippen molar-refractivity contribution in [2.45, 2.75) is 32.3 Å². The Hall–Kier alpha value is -1.62. The highest BCUT2D eigenvalue weighted by atomic mass is 16.5. The van der Waals surface area contributed by atoms with Crippen LogP contribution in [0.1, 0.15) is 35.3 Å². The van der Waals surface area contributed by atoms with E-state index in [4.69, 9.17) is 9.47 Å². The lowest BCUT2D eigenvalue weighted by molar-refractivity contribution is 0.0384. The molecular formula is C13H17NO4. The fraction of sp³-hybridized carbons (Fsp3) is 0.538. The molecule has 1 aliphatic heterocycles. The lowest BCUT2D eigenvalue weighted by Crippen LogP contribution is -2.21. The number of ether oxygens (including phenoxy) is 2. The molecule has 0 radical (unpaired) electrons. The summed E-state index contributed by atoms with van der Waals surface area (Å²) in [4.78, 5) is 25.8. The molecule has 0 amide bonds. The number of nitrogens with one attached hydrogen (secondary N) is 1. The molecule has 2 rings (SSSR count). The van der Waals surface area contributed by atoms with Crippen LogP contribution in [-0.4, -0.2) is 30.3 Å². The van der Waals surface area contributed by atoms with Gasteiger partial charge in [0.25, 0.3) is 5.56 Å². The van der Waals surface area contributed by atoms with Crippen molar-refractivity contribution in [3.05, 3.63) is 33.7 Å². The van der Waals surface area contributed by atoms with Gasteiger partial charge in [0.15, 0.2) is 0 Å². The first kappa shape index (κ1) is 12.8. The van der Waals surface area contributed by atoms with Gasteiger partial charge in [-0.25, -0.2) is 4.79 Å². The molecule has 1 aromatic heterocycles. The SMILES string of the molecule is Cc1ccc(C(=O)OCC[C@@H]2CCCO2)c(=O)[nH]1. The molecular weight excluding hydrogens is 234 g/mol. The third-order valence-corrected chi connectivity index (χ3v) is 2.97. The third-order valence-electron chi connectivity index (χ3n) is 2.97. The highest BCUT2D eigenvalue weighted by molar-refractivity contribution is 5.88. The number of rotatable bonds is 4. The van der Waals surface area contributed by atoms with E-state index in [2.05, 4.69) is 4.98 Å². The van der Waals surface area contributed by atoms with Crippen molar-refractivity contribution in [2.24, 2.45) is 0 Å². The van der Waals surface area contributed by atoms with Crippen molar-refractivity contribution in [1.82, 2.24) is 4.98 Å². The maximum Gasteiger partial charge on any atom is 0.343 e. The van der Waals surface area contributed by atoms with Crippen LogP contribution < -0.4 is 5.56 Å². The summed E-state index contributed by atoms with van der Waals surface area (Å²) >= 11 is 0. The molecule has 1 aromatic rings. The Morgan fingerprint density at radius 3 is 3.06 bits per heavy atom. The summed E-state index contributed by atoms with van der Waals surface area (Å²) in [5.41, 5.74) is 0.362. The summed E-state index contributed by atoms with van der Waals surface area (Å²) < 4.78 is 10.5. The maximum absolute atomic E-state index is 11.7. The molecule has 1 atom stereocenters. The number of hydrogen-bond acceptors (Lipinski definition) is 4. The minimum Gasteiger partial charge on any atom is -0.462 e. The van der Waals surface area contributed by atoms with Crippen LogP contribution in [-0.2, 0) is 9.47 Å². The van der Waals surface area contributed by atoms with Gasteiger partial charge in [-0.2, -0.15) is 0 Å². The van der Waals surface area contributed by atoms with Crippen LogP contribution >= 0.6 is 0 Å². The largest absolute Gasteiger partial charge is 0.462 e. The lowest BCUT2D eigenvalue weighted by Gasteiger charge is -2.09. The lowest BCUT2D eigenvalue weighted by atomic mass is 10.2. The molecule has 0 saturated carbocycles. The topological polar surface area (TPSA) is 68.4 Å². The Bertz CT molecular complexity index is 474. The van der Waals surface area contributed by atoms with Crippen LogP contribution in [0.25, 0.3) is 0 Å². The summed E-state index contributed by atoms with van der Waals surface area (Å²) in [6.07, 6.45) is 2.96. The zero-order valence-corrected chi connectivity index (χ0v) is 10.4. The second-order valence-electron chi connectivity index (χ2n) is 4.44. The highest BCUT2D eigenvalue weighted by Crippen LogP contribution is 2.15. The van der Waals surface area contributed by atoms with Crippen LogP contribution in [0.2, 0.25) is 0 Å². The molecule has 5 nitrogen and oxygen atoms in total. The first-order chi connectivity index (χ1) is 8.66. The average molecular weight is 251 g/mol. The number of pyridine rings is 1. The number of carbonyl (C=O) groups is 1. The second-order valence-corrected chi connectivity index (χ2v) is 4.44. The summed E-state index contributed by atoms with van der Waals surface area (Å²) in [5, 5.41) is 0. The van der Waals surface area contributed by atoms with Gasteiger partial charge in [0.2, 0.25) is 0 Å². The number of aryl methyl sites for hydroxylation is 1. The minimum atomic E-state index is -0.575. The van der Waals surface area contributed by atoms with Gasteiger partial charge in [0.1, 0.15) is 5.56 Å². The fourth-order valence-corrected chi connectivity index (χ4v) is 1.97. The van der Waals surface area contributed by atoms with Crippen molar-refractivity contribution in [1.29, 1.82) is 0 Å². The first-order valence-electron chi connectivity index (χ1n) is 6.15. The Morgan fingerprint density at radius 1 is 1.56 bits per heavy atom. The van der Waals surface area contributed by atoms with E-state index in [1.807, 2.05) is 0 Å². The number of hydrogen-bond donors (Lipinski definition) is 1. The van der Waals surface area contributed by atoms with Crippen LogP contribution in [0, 0.1) is 6.92 Å². The fourth-order valence-electron chi connectivity index (χ4n) is 1.97. The molecule has 18 heavy (non-hydrogen) atoms. The van der Waals surface area contributed by atoms with Crippen molar-refractivity contribution in [2.75, 3.05) is 13.2 Å². The molecule has 0 spiro atoms. The first-order valence-corrected chi connectivity index (χ1v) is 6.15. The van der Waals surface area contributed by atoms with E-state index < -0.39 is 11.5 Å². The summed E-state index contributed by atoms with van der Waals surface area (Å²) in [7, 11) is 0. The average Bonchev–Trinajstić information content (AvgIpc) is 2.81. The molecule has 1 saturated heterocycles. The molecule has 0 aromatic carbocycles. The second kappa shape index (κ2) is 5.82. The predicted molar refractivity (Wildman–Crippen MR) is 65.7 cm³/mol. The molecule has 1 N–H and O–H groups in total. The van der Waals surface area contributed by atoms with Crippen molar-refractivity contribution in [3.8, 4) is 0 Å². The van der Waals surface area contributed by atoms with Crippen LogP contribution in [0.4, 0.5) is 0 Å². The van der Waals surface area contributed by atoms with Crippen LogP contribution in [0.5, 0.6) is 0 Å². The number of aromatic amines is 1. The van der Waals surface area contributed by atoms with Gasteiger partial charge < -0.3 is 14.5 Å². The molecule has 0 bridgehead atoms. The smallest absolute Gasteiger partial charge is 0.343 e. The summed E-state index contributed by atoms with van der Waals surface area (Å²) in [5.74, 6) is -0.575. The standard InChI is InChI=1S/C13H17NO4/c1-9-4-5-11(12(15)14-9)13(16)18-8-6-10-3-2-7-17-10/h4-5,10H,2-3,6-8H2,1H3,(H,14,15)/t10-/m0/s1. The third kappa shape index (κ3) is 3.20. The Labute approximate surface area is 105 Å².